The first kappa shape index (κ1) is 15.3. The minimum Gasteiger partial charge on any atom is -0.380 e. The zero-order valence-corrected chi connectivity index (χ0v) is 12.0. The van der Waals surface area contributed by atoms with E-state index in [1.807, 2.05) is 6.07 Å². The first-order valence-corrected chi connectivity index (χ1v) is 7.01. The van der Waals surface area contributed by atoms with E-state index in [1.54, 1.807) is 19.2 Å². The third-order valence-electron chi connectivity index (χ3n) is 3.69. The Bertz CT molecular complexity index is 547. The molecule has 1 aliphatic rings. The standard InChI is InChI=1S/C15H19FN4O/c1-18-15(21)10-20-6-4-12(5-7-20)19-14-3-2-11(9-17)8-13(14)16/h2-3,8,12,19H,4-7,10H2,1H3,(H,18,21). The van der Waals surface area contributed by atoms with Crippen molar-refractivity contribution in [3.05, 3.63) is 29.6 Å². The highest BCUT2D eigenvalue weighted by molar-refractivity contribution is 5.77. The summed E-state index contributed by atoms with van der Waals surface area (Å²) >= 11 is 0. The van der Waals surface area contributed by atoms with Gasteiger partial charge in [-0.05, 0) is 31.0 Å². The molecule has 1 aromatic carbocycles. The van der Waals surface area contributed by atoms with Crippen LogP contribution in [0, 0.1) is 17.1 Å². The molecule has 1 aromatic rings. The summed E-state index contributed by atoms with van der Waals surface area (Å²) < 4.78 is 13.8. The summed E-state index contributed by atoms with van der Waals surface area (Å²) in [5.74, 6) is -0.388. The van der Waals surface area contributed by atoms with E-state index in [9.17, 15) is 9.18 Å². The number of nitriles is 1. The Balaban J connectivity index is 1.86. The van der Waals surface area contributed by atoms with Gasteiger partial charge in [-0.1, -0.05) is 0 Å². The van der Waals surface area contributed by atoms with Crippen molar-refractivity contribution >= 4 is 11.6 Å². The highest BCUT2D eigenvalue weighted by Gasteiger charge is 2.21. The monoisotopic (exact) mass is 290 g/mol. The molecule has 2 rings (SSSR count). The number of amides is 1. The first-order valence-electron chi connectivity index (χ1n) is 7.01. The molecule has 0 aliphatic carbocycles. The van der Waals surface area contributed by atoms with Gasteiger partial charge < -0.3 is 10.6 Å². The smallest absolute Gasteiger partial charge is 0.233 e. The van der Waals surface area contributed by atoms with Crippen molar-refractivity contribution in [1.29, 1.82) is 5.26 Å². The van der Waals surface area contributed by atoms with Crippen LogP contribution in [0.15, 0.2) is 18.2 Å². The van der Waals surface area contributed by atoms with Crippen molar-refractivity contribution in [2.24, 2.45) is 0 Å². The van der Waals surface area contributed by atoms with Gasteiger partial charge in [0, 0.05) is 26.2 Å². The van der Waals surface area contributed by atoms with Crippen LogP contribution < -0.4 is 10.6 Å². The highest BCUT2D eigenvalue weighted by atomic mass is 19.1. The highest BCUT2D eigenvalue weighted by Crippen LogP contribution is 2.20. The van der Waals surface area contributed by atoms with Gasteiger partial charge in [-0.3, -0.25) is 9.69 Å². The number of halogens is 1. The van der Waals surface area contributed by atoms with Crippen molar-refractivity contribution < 1.29 is 9.18 Å². The van der Waals surface area contributed by atoms with Crippen molar-refractivity contribution in [3.63, 3.8) is 0 Å². The van der Waals surface area contributed by atoms with Crippen molar-refractivity contribution in [3.8, 4) is 6.07 Å². The van der Waals surface area contributed by atoms with Crippen LogP contribution in [0.5, 0.6) is 0 Å². The fraction of sp³-hybridized carbons (Fsp3) is 0.467. The maximum atomic E-state index is 13.8. The predicted molar refractivity (Wildman–Crippen MR) is 78.3 cm³/mol. The molecular weight excluding hydrogens is 271 g/mol. The minimum absolute atomic E-state index is 0.0135. The maximum Gasteiger partial charge on any atom is 0.233 e. The topological polar surface area (TPSA) is 68.2 Å². The van der Waals surface area contributed by atoms with E-state index in [1.165, 1.54) is 6.07 Å². The van der Waals surface area contributed by atoms with Gasteiger partial charge >= 0.3 is 0 Å². The van der Waals surface area contributed by atoms with E-state index in [0.29, 0.717) is 17.8 Å². The van der Waals surface area contributed by atoms with Crippen molar-refractivity contribution in [2.45, 2.75) is 18.9 Å². The Hall–Kier alpha value is -2.13. The molecule has 112 valence electrons. The first-order chi connectivity index (χ1) is 10.1. The van der Waals surface area contributed by atoms with Gasteiger partial charge in [0.05, 0.1) is 23.9 Å². The number of benzene rings is 1. The molecule has 1 amide bonds. The van der Waals surface area contributed by atoms with Gasteiger partial charge in [0.2, 0.25) is 5.91 Å². The fourth-order valence-corrected chi connectivity index (χ4v) is 2.44. The Morgan fingerprint density at radius 2 is 2.19 bits per heavy atom. The molecule has 5 nitrogen and oxygen atoms in total. The number of likely N-dealkylation sites (tertiary alicyclic amines) is 1. The molecule has 21 heavy (non-hydrogen) atoms. The van der Waals surface area contributed by atoms with Gasteiger partial charge in [0.1, 0.15) is 5.82 Å². The van der Waals surface area contributed by atoms with E-state index >= 15 is 0 Å². The molecule has 0 radical (unpaired) electrons. The number of anilines is 1. The van der Waals surface area contributed by atoms with E-state index < -0.39 is 5.82 Å². The van der Waals surface area contributed by atoms with Crippen LogP contribution in [0.25, 0.3) is 0 Å². The number of hydrogen-bond donors (Lipinski definition) is 2. The molecule has 0 atom stereocenters. The Morgan fingerprint density at radius 3 is 2.76 bits per heavy atom. The average Bonchev–Trinajstić information content (AvgIpc) is 2.51. The third-order valence-corrected chi connectivity index (χ3v) is 3.69. The van der Waals surface area contributed by atoms with Crippen LogP contribution in [-0.2, 0) is 4.79 Å². The normalized spacial score (nSPS) is 16.2. The minimum atomic E-state index is -0.401. The van der Waals surface area contributed by atoms with Crippen LogP contribution in [0.1, 0.15) is 18.4 Å². The molecule has 2 N–H and O–H groups in total. The zero-order chi connectivity index (χ0) is 15.2. The summed E-state index contributed by atoms with van der Waals surface area (Å²) in [5.41, 5.74) is 0.747. The van der Waals surface area contributed by atoms with E-state index in [2.05, 4.69) is 15.5 Å². The van der Waals surface area contributed by atoms with Crippen LogP contribution >= 0.6 is 0 Å². The zero-order valence-electron chi connectivity index (χ0n) is 12.0. The van der Waals surface area contributed by atoms with Crippen LogP contribution in [0.2, 0.25) is 0 Å². The molecule has 1 aliphatic heterocycles. The summed E-state index contributed by atoms with van der Waals surface area (Å²) in [5, 5.41) is 14.5. The Kier molecular flexibility index (Phi) is 5.12. The van der Waals surface area contributed by atoms with Crippen LogP contribution in [-0.4, -0.2) is 43.5 Å². The maximum absolute atomic E-state index is 13.8. The summed E-state index contributed by atoms with van der Waals surface area (Å²) in [4.78, 5) is 13.4. The number of nitrogens with zero attached hydrogens (tertiary/aromatic N) is 2. The second-order valence-electron chi connectivity index (χ2n) is 5.17. The van der Waals surface area contributed by atoms with Gasteiger partial charge in [0.25, 0.3) is 0 Å². The van der Waals surface area contributed by atoms with Gasteiger partial charge in [0.15, 0.2) is 0 Å². The number of carbonyl (C=O) groups excluding carboxylic acids is 1. The Labute approximate surface area is 123 Å². The largest absolute Gasteiger partial charge is 0.380 e. The van der Waals surface area contributed by atoms with Gasteiger partial charge in [-0.2, -0.15) is 5.26 Å². The second kappa shape index (κ2) is 7.04. The predicted octanol–water partition coefficient (Wildman–Crippen LogP) is 1.32. The lowest BCUT2D eigenvalue weighted by Gasteiger charge is -2.32. The quantitative estimate of drug-likeness (QED) is 0.877. The van der Waals surface area contributed by atoms with Crippen LogP contribution in [0.3, 0.4) is 0 Å². The van der Waals surface area contributed by atoms with Crippen molar-refractivity contribution in [1.82, 2.24) is 10.2 Å². The fourth-order valence-electron chi connectivity index (χ4n) is 2.44. The number of hydrogen-bond acceptors (Lipinski definition) is 4. The summed E-state index contributed by atoms with van der Waals surface area (Å²) in [6.45, 7) is 2.03. The lowest BCUT2D eigenvalue weighted by molar-refractivity contribution is -0.122. The molecule has 1 fully saturated rings. The SMILES string of the molecule is CNC(=O)CN1CCC(Nc2ccc(C#N)cc2F)CC1. The lowest BCUT2D eigenvalue weighted by atomic mass is 10.0. The summed E-state index contributed by atoms with van der Waals surface area (Å²) in [7, 11) is 1.63. The van der Waals surface area contributed by atoms with Crippen LogP contribution in [0.4, 0.5) is 10.1 Å². The van der Waals surface area contributed by atoms with Crippen molar-refractivity contribution in [2.75, 3.05) is 32.0 Å². The summed E-state index contributed by atoms with van der Waals surface area (Å²) in [6.07, 6.45) is 1.72. The number of likely N-dealkylation sites (N-methyl/N-ethyl adjacent to an activating group) is 1. The molecule has 1 saturated heterocycles. The van der Waals surface area contributed by atoms with Gasteiger partial charge in [-0.25, -0.2) is 4.39 Å². The Morgan fingerprint density at radius 1 is 1.48 bits per heavy atom. The number of piperidine rings is 1. The molecule has 0 unspecified atom stereocenters. The average molecular weight is 290 g/mol. The number of nitrogens with one attached hydrogen (secondary N) is 2. The van der Waals surface area contributed by atoms with E-state index in [4.69, 9.17) is 5.26 Å². The van der Waals surface area contributed by atoms with E-state index in [-0.39, 0.29) is 11.9 Å². The molecule has 0 aromatic heterocycles. The molecule has 0 spiro atoms. The third kappa shape index (κ3) is 4.17. The second-order valence-corrected chi connectivity index (χ2v) is 5.17. The molecule has 1 heterocycles. The number of carbonyl (C=O) groups is 1. The molecular formula is C15H19FN4O. The summed E-state index contributed by atoms with van der Waals surface area (Å²) in [6, 6.07) is 6.55. The lowest BCUT2D eigenvalue weighted by Crippen LogP contribution is -2.43. The van der Waals surface area contributed by atoms with Gasteiger partial charge in [-0.15, -0.1) is 0 Å². The molecule has 0 bridgehead atoms. The molecule has 0 saturated carbocycles. The number of rotatable bonds is 4. The molecule has 6 heteroatoms. The van der Waals surface area contributed by atoms with E-state index in [0.717, 1.165) is 25.9 Å².